The second-order valence-electron chi connectivity index (χ2n) is 3.92. The highest BCUT2D eigenvalue weighted by atomic mass is 32.1. The maximum absolute atomic E-state index is 10.9. The van der Waals surface area contributed by atoms with Gasteiger partial charge in [0.05, 0.1) is 18.8 Å². The zero-order valence-corrected chi connectivity index (χ0v) is 11.7. The third-order valence-corrected chi connectivity index (χ3v) is 3.00. The van der Waals surface area contributed by atoms with E-state index in [9.17, 15) is 9.59 Å². The molecule has 0 atom stereocenters. The van der Waals surface area contributed by atoms with Gasteiger partial charge in [0.2, 0.25) is 5.91 Å². The van der Waals surface area contributed by atoms with Gasteiger partial charge in [-0.1, -0.05) is 0 Å². The van der Waals surface area contributed by atoms with Gasteiger partial charge < -0.3 is 15.2 Å². The topological polar surface area (TPSA) is 91.8 Å². The number of methoxy groups -OCH3 is 1. The van der Waals surface area contributed by atoms with Crippen LogP contribution in [0, 0.1) is 0 Å². The van der Waals surface area contributed by atoms with E-state index in [2.05, 4.69) is 10.3 Å². The molecule has 106 valence electrons. The molecule has 0 radical (unpaired) electrons. The summed E-state index contributed by atoms with van der Waals surface area (Å²) in [6.45, 7) is 2.71. The molecule has 0 unspecified atom stereocenters. The van der Waals surface area contributed by atoms with E-state index in [0.29, 0.717) is 24.8 Å². The fourth-order valence-electron chi connectivity index (χ4n) is 1.44. The Kier molecular flexibility index (Phi) is 6.40. The summed E-state index contributed by atoms with van der Waals surface area (Å²) in [4.78, 5) is 27.6. The molecule has 19 heavy (non-hydrogen) atoms. The summed E-state index contributed by atoms with van der Waals surface area (Å²) in [6.07, 6.45) is 0. The van der Waals surface area contributed by atoms with E-state index in [-0.39, 0.29) is 12.5 Å². The Balaban J connectivity index is 2.59. The van der Waals surface area contributed by atoms with Crippen LogP contribution in [0.4, 0.5) is 5.13 Å². The predicted molar refractivity (Wildman–Crippen MR) is 71.2 cm³/mol. The van der Waals surface area contributed by atoms with Crippen molar-refractivity contribution in [3.63, 3.8) is 0 Å². The first-order valence-corrected chi connectivity index (χ1v) is 6.54. The molecule has 0 aliphatic carbocycles. The molecule has 2 N–H and O–H groups in total. The van der Waals surface area contributed by atoms with E-state index in [4.69, 9.17) is 9.84 Å². The van der Waals surface area contributed by atoms with Gasteiger partial charge >= 0.3 is 5.97 Å². The third kappa shape index (κ3) is 6.27. The Hall–Kier alpha value is -1.51. The van der Waals surface area contributed by atoms with Crippen molar-refractivity contribution < 1.29 is 19.4 Å². The van der Waals surface area contributed by atoms with Crippen molar-refractivity contribution in [2.24, 2.45) is 0 Å². The number of rotatable bonds is 8. The molecule has 1 rings (SSSR count). The number of nitrogens with zero attached hydrogens (tertiary/aromatic N) is 2. The van der Waals surface area contributed by atoms with Crippen LogP contribution in [0.3, 0.4) is 0 Å². The van der Waals surface area contributed by atoms with Crippen LogP contribution < -0.4 is 5.32 Å². The second-order valence-corrected chi connectivity index (χ2v) is 4.78. The maximum Gasteiger partial charge on any atom is 0.317 e. The summed E-state index contributed by atoms with van der Waals surface area (Å²) < 4.78 is 4.94. The van der Waals surface area contributed by atoms with Crippen molar-refractivity contribution in [1.29, 1.82) is 0 Å². The molecule has 0 bridgehead atoms. The first-order valence-electron chi connectivity index (χ1n) is 5.66. The lowest BCUT2D eigenvalue weighted by molar-refractivity contribution is -0.138. The van der Waals surface area contributed by atoms with Crippen LogP contribution in [-0.2, 0) is 20.9 Å². The number of amides is 1. The van der Waals surface area contributed by atoms with Crippen molar-refractivity contribution in [1.82, 2.24) is 9.88 Å². The Labute approximate surface area is 115 Å². The minimum atomic E-state index is -0.895. The number of carbonyl (C=O) groups is 2. The van der Waals surface area contributed by atoms with Gasteiger partial charge in [0, 0.05) is 32.5 Å². The molecule has 0 aliphatic rings. The van der Waals surface area contributed by atoms with Gasteiger partial charge in [0.15, 0.2) is 5.13 Å². The third-order valence-electron chi connectivity index (χ3n) is 2.19. The minimum Gasteiger partial charge on any atom is -0.480 e. The molecule has 7 nitrogen and oxygen atoms in total. The Morgan fingerprint density at radius 1 is 1.58 bits per heavy atom. The predicted octanol–water partition coefficient (Wildman–Crippen LogP) is 0.634. The van der Waals surface area contributed by atoms with Gasteiger partial charge in [-0.05, 0) is 0 Å². The van der Waals surface area contributed by atoms with Gasteiger partial charge in [-0.2, -0.15) is 0 Å². The number of anilines is 1. The highest BCUT2D eigenvalue weighted by molar-refractivity contribution is 7.13. The number of hydrogen-bond donors (Lipinski definition) is 2. The Morgan fingerprint density at radius 2 is 2.32 bits per heavy atom. The van der Waals surface area contributed by atoms with Gasteiger partial charge in [-0.15, -0.1) is 11.3 Å². The van der Waals surface area contributed by atoms with Crippen LogP contribution in [0.15, 0.2) is 5.38 Å². The van der Waals surface area contributed by atoms with E-state index in [1.54, 1.807) is 17.4 Å². The summed E-state index contributed by atoms with van der Waals surface area (Å²) >= 11 is 1.31. The monoisotopic (exact) mass is 287 g/mol. The summed E-state index contributed by atoms with van der Waals surface area (Å²) in [7, 11) is 1.57. The highest BCUT2D eigenvalue weighted by Gasteiger charge is 2.12. The number of aromatic nitrogens is 1. The first-order chi connectivity index (χ1) is 9.01. The van der Waals surface area contributed by atoms with E-state index in [1.807, 2.05) is 0 Å². The lowest BCUT2D eigenvalue weighted by atomic mass is 10.4. The number of carboxylic acid groups (broad SMARTS) is 1. The number of thiazole rings is 1. The number of aliphatic carboxylic acids is 1. The van der Waals surface area contributed by atoms with E-state index < -0.39 is 5.97 Å². The molecule has 0 aromatic carbocycles. The van der Waals surface area contributed by atoms with E-state index in [0.717, 1.165) is 5.69 Å². The molecule has 0 saturated heterocycles. The first kappa shape index (κ1) is 15.5. The minimum absolute atomic E-state index is 0.0731. The molecule has 1 amide bonds. The van der Waals surface area contributed by atoms with Gasteiger partial charge in [-0.25, -0.2) is 4.98 Å². The zero-order chi connectivity index (χ0) is 14.3. The Morgan fingerprint density at radius 3 is 2.89 bits per heavy atom. The summed E-state index contributed by atoms with van der Waals surface area (Å²) in [5, 5.41) is 13.7. The summed E-state index contributed by atoms with van der Waals surface area (Å²) in [6, 6.07) is 0. The average molecular weight is 287 g/mol. The van der Waals surface area contributed by atoms with E-state index in [1.165, 1.54) is 18.3 Å². The zero-order valence-electron chi connectivity index (χ0n) is 10.9. The SMILES string of the molecule is COCCN(CC(=O)O)Cc1csc(NC(C)=O)n1. The summed E-state index contributed by atoms with van der Waals surface area (Å²) in [5.74, 6) is -1.07. The second kappa shape index (κ2) is 7.82. The van der Waals surface area contributed by atoms with Crippen molar-refractivity contribution in [3.8, 4) is 0 Å². The van der Waals surface area contributed by atoms with Crippen LogP contribution >= 0.6 is 11.3 Å². The molecule has 0 fully saturated rings. The lowest BCUT2D eigenvalue weighted by Gasteiger charge is -2.18. The molecule has 0 saturated carbocycles. The average Bonchev–Trinajstić information content (AvgIpc) is 2.71. The number of carboxylic acids is 1. The molecule has 1 aromatic rings. The molecular weight excluding hydrogens is 270 g/mol. The maximum atomic E-state index is 10.9. The van der Waals surface area contributed by atoms with Crippen LogP contribution in [0.1, 0.15) is 12.6 Å². The number of carbonyl (C=O) groups excluding carboxylic acids is 1. The van der Waals surface area contributed by atoms with Crippen LogP contribution in [0.2, 0.25) is 0 Å². The highest BCUT2D eigenvalue weighted by Crippen LogP contribution is 2.16. The van der Waals surface area contributed by atoms with E-state index >= 15 is 0 Å². The molecule has 1 heterocycles. The van der Waals surface area contributed by atoms with Crippen LogP contribution in [0.25, 0.3) is 0 Å². The van der Waals surface area contributed by atoms with Crippen molar-refractivity contribution >= 4 is 28.3 Å². The Bertz CT molecular complexity index is 435. The van der Waals surface area contributed by atoms with Gasteiger partial charge in [0.25, 0.3) is 0 Å². The van der Waals surface area contributed by atoms with Crippen molar-refractivity contribution in [2.75, 3.05) is 32.1 Å². The molecule has 8 heteroatoms. The van der Waals surface area contributed by atoms with Gasteiger partial charge in [-0.3, -0.25) is 14.5 Å². The normalized spacial score (nSPS) is 10.7. The molecule has 0 spiro atoms. The number of nitrogens with one attached hydrogen (secondary N) is 1. The largest absolute Gasteiger partial charge is 0.480 e. The number of hydrogen-bond acceptors (Lipinski definition) is 6. The van der Waals surface area contributed by atoms with Crippen molar-refractivity contribution in [2.45, 2.75) is 13.5 Å². The van der Waals surface area contributed by atoms with Crippen molar-refractivity contribution in [3.05, 3.63) is 11.1 Å². The standard InChI is InChI=1S/C11H17N3O4S/c1-8(15)12-11-13-9(7-19-11)5-14(3-4-18-2)6-10(16)17/h7H,3-6H2,1-2H3,(H,16,17)(H,12,13,15). The van der Waals surface area contributed by atoms with Gasteiger partial charge in [0.1, 0.15) is 0 Å². The summed E-state index contributed by atoms with van der Waals surface area (Å²) in [5.41, 5.74) is 0.728. The molecule has 0 aliphatic heterocycles. The van der Waals surface area contributed by atoms with Crippen LogP contribution in [-0.4, -0.2) is 53.7 Å². The molecular formula is C11H17N3O4S. The van der Waals surface area contributed by atoms with Crippen LogP contribution in [0.5, 0.6) is 0 Å². The fourth-order valence-corrected chi connectivity index (χ4v) is 2.19. The fraction of sp³-hybridized carbons (Fsp3) is 0.545. The quantitative estimate of drug-likeness (QED) is 0.729. The number of ether oxygens (including phenoxy) is 1. The smallest absolute Gasteiger partial charge is 0.317 e. The lowest BCUT2D eigenvalue weighted by Crippen LogP contribution is -2.32. The molecule has 1 aromatic heterocycles.